The molecule has 0 amide bonds. The summed E-state index contributed by atoms with van der Waals surface area (Å²) in [5, 5.41) is 0.620. The van der Waals surface area contributed by atoms with Crippen molar-refractivity contribution in [3.63, 3.8) is 0 Å². The second-order valence-electron chi connectivity index (χ2n) is 5.14. The Morgan fingerprint density at radius 2 is 2.04 bits per heavy atom. The minimum Gasteiger partial charge on any atom is -0.463 e. The Bertz CT molecular complexity index is 873. The van der Waals surface area contributed by atoms with Crippen LogP contribution >= 0.6 is 0 Å². The number of anilines is 1. The smallest absolute Gasteiger partial charge is 0.359 e. The third-order valence-electron chi connectivity index (χ3n) is 3.17. The topological polar surface area (TPSA) is 118 Å². The molecule has 0 aliphatic carbocycles. The van der Waals surface area contributed by atoms with Gasteiger partial charge in [0.25, 0.3) is 10.1 Å². The lowest BCUT2D eigenvalue weighted by Gasteiger charge is -2.13. The van der Waals surface area contributed by atoms with Crippen LogP contribution in [0.5, 0.6) is 5.75 Å². The molecule has 0 aliphatic rings. The zero-order chi connectivity index (χ0) is 17.7. The first-order valence-corrected chi connectivity index (χ1v) is 8.95. The van der Waals surface area contributed by atoms with Gasteiger partial charge in [0.2, 0.25) is 0 Å². The van der Waals surface area contributed by atoms with Crippen LogP contribution in [0.3, 0.4) is 0 Å². The van der Waals surface area contributed by atoms with Crippen molar-refractivity contribution >= 4 is 26.8 Å². The molecular weight excluding hydrogens is 338 g/mol. The van der Waals surface area contributed by atoms with E-state index in [1.165, 1.54) is 13.2 Å². The van der Waals surface area contributed by atoms with Crippen molar-refractivity contribution in [2.75, 3.05) is 32.5 Å². The minimum atomic E-state index is -3.47. The van der Waals surface area contributed by atoms with Gasteiger partial charge in [-0.15, -0.1) is 0 Å². The first-order chi connectivity index (χ1) is 11.3. The van der Waals surface area contributed by atoms with E-state index in [0.717, 1.165) is 11.8 Å². The van der Waals surface area contributed by atoms with Crippen molar-refractivity contribution in [1.82, 2.24) is 0 Å². The highest BCUT2D eigenvalue weighted by atomic mass is 32.2. The van der Waals surface area contributed by atoms with E-state index in [-0.39, 0.29) is 24.7 Å². The lowest BCUT2D eigenvalue weighted by atomic mass is 10.1. The van der Waals surface area contributed by atoms with Crippen LogP contribution < -0.4 is 16.1 Å². The maximum atomic E-state index is 11.7. The lowest BCUT2D eigenvalue weighted by Crippen LogP contribution is -2.09. The van der Waals surface area contributed by atoms with Gasteiger partial charge >= 0.3 is 5.63 Å². The summed E-state index contributed by atoms with van der Waals surface area (Å²) in [7, 11) is -2.00. The quantitative estimate of drug-likeness (QED) is 0.325. The van der Waals surface area contributed by atoms with E-state index in [1.807, 2.05) is 0 Å². The number of fused-ring (bicyclic) bond motifs is 1. The van der Waals surface area contributed by atoms with E-state index >= 15 is 0 Å². The van der Waals surface area contributed by atoms with E-state index < -0.39 is 15.7 Å². The Labute approximate surface area is 139 Å². The summed E-state index contributed by atoms with van der Waals surface area (Å²) in [6.07, 6.45) is 1.91. The number of nitrogen functional groups attached to an aromatic ring is 1. The third-order valence-corrected chi connectivity index (χ3v) is 3.77. The number of ether oxygens (including phenoxy) is 2. The largest absolute Gasteiger partial charge is 0.463 e. The molecule has 2 rings (SSSR count). The molecule has 132 valence electrons. The molecule has 0 atom stereocenters. The zero-order valence-electron chi connectivity index (χ0n) is 13.4. The highest BCUT2D eigenvalue weighted by Gasteiger charge is 2.14. The van der Waals surface area contributed by atoms with Gasteiger partial charge in [0.1, 0.15) is 5.69 Å². The number of hydrogen-bond acceptors (Lipinski definition) is 8. The van der Waals surface area contributed by atoms with Crippen molar-refractivity contribution in [3.8, 4) is 5.75 Å². The Hall–Kier alpha value is -2.10. The summed E-state index contributed by atoms with van der Waals surface area (Å²) >= 11 is 0. The molecule has 0 unspecified atom stereocenters. The second kappa shape index (κ2) is 7.65. The van der Waals surface area contributed by atoms with Crippen molar-refractivity contribution in [1.29, 1.82) is 0 Å². The third kappa shape index (κ3) is 4.70. The number of hydrogen-bond donors (Lipinski definition) is 1. The SMILES string of the molecule is COCOc1c(CCCOS(C)(=O)=O)ccc2cc(N)c(=O)oc12. The summed E-state index contributed by atoms with van der Waals surface area (Å²) in [5.74, 6) is 0.366. The molecule has 8 nitrogen and oxygen atoms in total. The molecule has 2 N–H and O–H groups in total. The van der Waals surface area contributed by atoms with Gasteiger partial charge < -0.3 is 19.6 Å². The highest BCUT2D eigenvalue weighted by molar-refractivity contribution is 7.85. The van der Waals surface area contributed by atoms with E-state index in [2.05, 4.69) is 0 Å². The number of nitrogens with two attached hydrogens (primary N) is 1. The fraction of sp³-hybridized carbons (Fsp3) is 0.400. The lowest BCUT2D eigenvalue weighted by molar-refractivity contribution is 0.0507. The van der Waals surface area contributed by atoms with Crippen LogP contribution in [-0.2, 0) is 25.5 Å². The van der Waals surface area contributed by atoms with Crippen molar-refractivity contribution in [2.24, 2.45) is 0 Å². The van der Waals surface area contributed by atoms with E-state index in [4.69, 9.17) is 23.8 Å². The fourth-order valence-electron chi connectivity index (χ4n) is 2.16. The Kier molecular flexibility index (Phi) is 5.81. The van der Waals surface area contributed by atoms with Crippen molar-refractivity contribution in [2.45, 2.75) is 12.8 Å². The molecule has 2 aromatic rings. The minimum absolute atomic E-state index is 0.00879. The summed E-state index contributed by atoms with van der Waals surface area (Å²) in [6, 6.07) is 5.06. The Morgan fingerprint density at radius 3 is 2.71 bits per heavy atom. The summed E-state index contributed by atoms with van der Waals surface area (Å²) in [5.41, 5.74) is 5.94. The molecule has 1 aromatic carbocycles. The van der Waals surface area contributed by atoms with Gasteiger partial charge in [0.15, 0.2) is 18.1 Å². The standard InChI is InChI=1S/C15H19NO7S/c1-20-9-21-13-10(4-3-7-22-24(2,18)19)5-6-11-8-12(16)15(17)23-14(11)13/h5-6,8H,3-4,7,9,16H2,1-2H3. The predicted octanol–water partition coefficient (Wildman–Crippen LogP) is 1.27. The molecule has 9 heteroatoms. The Morgan fingerprint density at radius 1 is 1.29 bits per heavy atom. The molecule has 0 saturated carbocycles. The average Bonchev–Trinajstić information content (AvgIpc) is 2.50. The van der Waals surface area contributed by atoms with Crippen LogP contribution in [-0.4, -0.2) is 35.2 Å². The first-order valence-electron chi connectivity index (χ1n) is 7.13. The second-order valence-corrected chi connectivity index (χ2v) is 6.79. The average molecular weight is 357 g/mol. The number of benzene rings is 1. The van der Waals surface area contributed by atoms with Gasteiger partial charge in [-0.3, -0.25) is 4.18 Å². The van der Waals surface area contributed by atoms with Gasteiger partial charge in [0, 0.05) is 12.5 Å². The van der Waals surface area contributed by atoms with Gasteiger partial charge in [-0.05, 0) is 24.5 Å². The van der Waals surface area contributed by atoms with Crippen LogP contribution in [0.25, 0.3) is 11.0 Å². The van der Waals surface area contributed by atoms with Crippen molar-refractivity contribution in [3.05, 3.63) is 34.2 Å². The maximum absolute atomic E-state index is 11.7. The number of rotatable bonds is 8. The van der Waals surface area contributed by atoms with Gasteiger partial charge in [-0.1, -0.05) is 12.1 Å². The molecule has 0 fully saturated rings. The molecule has 0 bridgehead atoms. The van der Waals surface area contributed by atoms with Gasteiger partial charge in [-0.2, -0.15) is 8.42 Å². The summed E-state index contributed by atoms with van der Waals surface area (Å²) in [4.78, 5) is 11.7. The summed E-state index contributed by atoms with van der Waals surface area (Å²) in [6.45, 7) is 0.0202. The molecule has 0 radical (unpaired) electrons. The molecule has 0 spiro atoms. The molecule has 1 aromatic heterocycles. The fourth-order valence-corrected chi connectivity index (χ4v) is 2.58. The van der Waals surface area contributed by atoms with Crippen LogP contribution in [0.2, 0.25) is 0 Å². The number of aryl methyl sites for hydroxylation is 1. The molecule has 0 aliphatic heterocycles. The Balaban J connectivity index is 2.30. The molecule has 24 heavy (non-hydrogen) atoms. The first kappa shape index (κ1) is 18.2. The molecule has 1 heterocycles. The van der Waals surface area contributed by atoms with Crippen LogP contribution in [0.1, 0.15) is 12.0 Å². The normalized spacial score (nSPS) is 11.8. The van der Waals surface area contributed by atoms with Crippen LogP contribution in [0.4, 0.5) is 5.69 Å². The monoisotopic (exact) mass is 357 g/mol. The van der Waals surface area contributed by atoms with E-state index in [9.17, 15) is 13.2 Å². The van der Waals surface area contributed by atoms with E-state index in [1.54, 1.807) is 12.1 Å². The van der Waals surface area contributed by atoms with Crippen molar-refractivity contribution < 1.29 is 26.5 Å². The molecular formula is C15H19NO7S. The molecule has 0 saturated heterocycles. The highest BCUT2D eigenvalue weighted by Crippen LogP contribution is 2.31. The van der Waals surface area contributed by atoms with Crippen LogP contribution in [0, 0.1) is 0 Å². The van der Waals surface area contributed by atoms with E-state index in [0.29, 0.717) is 24.0 Å². The number of methoxy groups -OCH3 is 1. The summed E-state index contributed by atoms with van der Waals surface area (Å²) < 4.78 is 42.3. The zero-order valence-corrected chi connectivity index (χ0v) is 14.2. The van der Waals surface area contributed by atoms with Gasteiger partial charge in [0.05, 0.1) is 12.9 Å². The predicted molar refractivity (Wildman–Crippen MR) is 88.5 cm³/mol. The van der Waals surface area contributed by atoms with Crippen LogP contribution in [0.15, 0.2) is 27.4 Å². The maximum Gasteiger partial charge on any atom is 0.359 e. The van der Waals surface area contributed by atoms with Gasteiger partial charge in [-0.25, -0.2) is 4.79 Å².